The van der Waals surface area contributed by atoms with Crippen LogP contribution in [0.25, 0.3) is 6.08 Å². The maximum atomic E-state index is 12.9. The van der Waals surface area contributed by atoms with Gasteiger partial charge in [0.05, 0.1) is 12.0 Å². The first-order valence-corrected chi connectivity index (χ1v) is 11.2. The number of imide groups is 1. The summed E-state index contributed by atoms with van der Waals surface area (Å²) >= 11 is 0.850. The van der Waals surface area contributed by atoms with Crippen molar-refractivity contribution in [3.05, 3.63) is 63.1 Å². The second-order valence-electron chi connectivity index (χ2n) is 8.22. The zero-order valence-electron chi connectivity index (χ0n) is 19.2. The van der Waals surface area contributed by atoms with Crippen molar-refractivity contribution < 1.29 is 19.1 Å². The summed E-state index contributed by atoms with van der Waals surface area (Å²) in [6.45, 7) is 9.69. The molecule has 2 aromatic carbocycles. The molecule has 2 aromatic rings. The highest BCUT2D eigenvalue weighted by atomic mass is 32.2. The minimum Gasteiger partial charge on any atom is -0.496 e. The van der Waals surface area contributed by atoms with Crippen molar-refractivity contribution in [1.29, 1.82) is 0 Å². The number of thioether (sulfide) groups is 1. The van der Waals surface area contributed by atoms with Crippen molar-refractivity contribution in [2.24, 2.45) is 0 Å². The lowest BCUT2D eigenvalue weighted by atomic mass is 9.96. The molecule has 1 saturated heterocycles. The maximum Gasteiger partial charge on any atom is 0.294 e. The van der Waals surface area contributed by atoms with Crippen LogP contribution in [0, 0.1) is 20.8 Å². The molecule has 7 heteroatoms. The number of nitrogens with zero attached hydrogens (tertiary/aromatic N) is 1. The van der Waals surface area contributed by atoms with E-state index in [1.54, 1.807) is 19.3 Å². The molecule has 0 saturated carbocycles. The standard InChI is InChI=1S/C25H28N2O4S/c1-14(2)20-11-18(17(5)10-21(20)31-6)12-22-24(29)27(25(30)32-22)13-23(28)26-19-8-7-15(3)16(4)9-19/h7-12,14H,13H2,1-6H3,(H,26,28)/b22-12+. The molecule has 1 N–H and O–H groups in total. The lowest BCUT2D eigenvalue weighted by Gasteiger charge is -2.15. The predicted molar refractivity (Wildman–Crippen MR) is 129 cm³/mol. The second-order valence-corrected chi connectivity index (χ2v) is 9.21. The van der Waals surface area contributed by atoms with E-state index in [1.165, 1.54) is 0 Å². The van der Waals surface area contributed by atoms with Gasteiger partial charge in [-0.05, 0) is 96.6 Å². The molecule has 32 heavy (non-hydrogen) atoms. The Morgan fingerprint density at radius 3 is 2.44 bits per heavy atom. The van der Waals surface area contributed by atoms with E-state index in [4.69, 9.17) is 4.74 Å². The Kier molecular flexibility index (Phi) is 7.09. The molecule has 0 radical (unpaired) electrons. The smallest absolute Gasteiger partial charge is 0.294 e. The Balaban J connectivity index is 1.78. The van der Waals surface area contributed by atoms with E-state index >= 15 is 0 Å². The summed E-state index contributed by atoms with van der Waals surface area (Å²) in [6.07, 6.45) is 1.72. The average Bonchev–Trinajstić information content (AvgIpc) is 2.99. The Morgan fingerprint density at radius 1 is 1.09 bits per heavy atom. The van der Waals surface area contributed by atoms with Gasteiger partial charge in [-0.15, -0.1) is 0 Å². The van der Waals surface area contributed by atoms with Gasteiger partial charge in [0.15, 0.2) is 0 Å². The van der Waals surface area contributed by atoms with Gasteiger partial charge in [0.1, 0.15) is 12.3 Å². The van der Waals surface area contributed by atoms with Gasteiger partial charge < -0.3 is 10.1 Å². The van der Waals surface area contributed by atoms with Crippen LogP contribution in [-0.2, 0) is 9.59 Å². The van der Waals surface area contributed by atoms with Gasteiger partial charge in [-0.3, -0.25) is 19.3 Å². The van der Waals surface area contributed by atoms with Crippen molar-refractivity contribution >= 4 is 40.6 Å². The Bertz CT molecular complexity index is 1120. The van der Waals surface area contributed by atoms with E-state index in [-0.39, 0.29) is 12.5 Å². The third-order valence-electron chi connectivity index (χ3n) is 5.49. The number of ether oxygens (including phenoxy) is 1. The number of carbonyl (C=O) groups excluding carboxylic acids is 3. The molecule has 0 bridgehead atoms. The van der Waals surface area contributed by atoms with Gasteiger partial charge >= 0.3 is 0 Å². The fourth-order valence-electron chi connectivity index (χ4n) is 3.44. The quantitative estimate of drug-likeness (QED) is 0.593. The average molecular weight is 453 g/mol. The maximum absolute atomic E-state index is 12.9. The fraction of sp³-hybridized carbons (Fsp3) is 0.320. The summed E-state index contributed by atoms with van der Waals surface area (Å²) in [5, 5.41) is 2.30. The van der Waals surface area contributed by atoms with E-state index in [9.17, 15) is 14.4 Å². The number of nitrogens with one attached hydrogen (secondary N) is 1. The minimum atomic E-state index is -0.462. The van der Waals surface area contributed by atoms with Crippen LogP contribution in [0.15, 0.2) is 35.2 Å². The van der Waals surface area contributed by atoms with Crippen LogP contribution < -0.4 is 10.1 Å². The van der Waals surface area contributed by atoms with Crippen LogP contribution in [0.5, 0.6) is 5.75 Å². The van der Waals surface area contributed by atoms with E-state index in [2.05, 4.69) is 19.2 Å². The molecule has 0 aliphatic carbocycles. The summed E-state index contributed by atoms with van der Waals surface area (Å²) in [7, 11) is 1.63. The van der Waals surface area contributed by atoms with Crippen LogP contribution in [0.3, 0.4) is 0 Å². The van der Waals surface area contributed by atoms with Crippen molar-refractivity contribution in [3.63, 3.8) is 0 Å². The number of hydrogen-bond donors (Lipinski definition) is 1. The second kappa shape index (κ2) is 9.61. The molecule has 0 unspecified atom stereocenters. The normalized spacial score (nSPS) is 15.1. The monoisotopic (exact) mass is 452 g/mol. The molecule has 0 spiro atoms. The summed E-state index contributed by atoms with van der Waals surface area (Å²) in [6, 6.07) is 9.49. The van der Waals surface area contributed by atoms with Crippen LogP contribution in [0.2, 0.25) is 0 Å². The molecule has 0 aromatic heterocycles. The van der Waals surface area contributed by atoms with Crippen molar-refractivity contribution in [3.8, 4) is 5.75 Å². The fourth-order valence-corrected chi connectivity index (χ4v) is 4.27. The number of benzene rings is 2. The van der Waals surface area contributed by atoms with Gasteiger partial charge in [0, 0.05) is 5.69 Å². The molecule has 6 nitrogen and oxygen atoms in total. The topological polar surface area (TPSA) is 75.7 Å². The molecule has 1 heterocycles. The summed E-state index contributed by atoms with van der Waals surface area (Å²) in [4.78, 5) is 39.1. The number of hydrogen-bond acceptors (Lipinski definition) is 5. The van der Waals surface area contributed by atoms with Crippen molar-refractivity contribution in [2.45, 2.75) is 40.5 Å². The van der Waals surface area contributed by atoms with Gasteiger partial charge in [-0.2, -0.15) is 0 Å². The number of carbonyl (C=O) groups is 3. The Hall–Kier alpha value is -3.06. The molecule has 3 amide bonds. The van der Waals surface area contributed by atoms with E-state index in [1.807, 2.05) is 45.0 Å². The van der Waals surface area contributed by atoms with Crippen LogP contribution in [0.1, 0.15) is 47.6 Å². The zero-order chi connectivity index (χ0) is 23.6. The van der Waals surface area contributed by atoms with Crippen LogP contribution >= 0.6 is 11.8 Å². The molecular formula is C25H28N2O4S. The van der Waals surface area contributed by atoms with Gasteiger partial charge in [0.25, 0.3) is 11.1 Å². The Morgan fingerprint density at radius 2 is 1.81 bits per heavy atom. The lowest BCUT2D eigenvalue weighted by molar-refractivity contribution is -0.127. The largest absolute Gasteiger partial charge is 0.496 e. The molecule has 168 valence electrons. The summed E-state index contributed by atoms with van der Waals surface area (Å²) in [5.74, 6) is 0.156. The number of rotatable bonds is 6. The van der Waals surface area contributed by atoms with Crippen LogP contribution in [0.4, 0.5) is 10.5 Å². The number of amides is 3. The summed E-state index contributed by atoms with van der Waals surface area (Å²) < 4.78 is 5.47. The number of aryl methyl sites for hydroxylation is 3. The lowest BCUT2D eigenvalue weighted by Crippen LogP contribution is -2.36. The molecule has 1 aliphatic heterocycles. The summed E-state index contributed by atoms with van der Waals surface area (Å²) in [5.41, 5.74) is 5.61. The molecule has 3 rings (SSSR count). The van der Waals surface area contributed by atoms with E-state index in [0.717, 1.165) is 50.2 Å². The van der Waals surface area contributed by atoms with Gasteiger partial charge in [-0.1, -0.05) is 19.9 Å². The first kappa shape index (κ1) is 23.6. The number of anilines is 1. The highest BCUT2D eigenvalue weighted by molar-refractivity contribution is 8.18. The predicted octanol–water partition coefficient (Wildman–Crippen LogP) is 5.42. The van der Waals surface area contributed by atoms with Gasteiger partial charge in [-0.25, -0.2) is 0 Å². The number of methoxy groups -OCH3 is 1. The van der Waals surface area contributed by atoms with Crippen molar-refractivity contribution in [1.82, 2.24) is 4.90 Å². The zero-order valence-corrected chi connectivity index (χ0v) is 20.1. The van der Waals surface area contributed by atoms with Crippen molar-refractivity contribution in [2.75, 3.05) is 19.0 Å². The first-order valence-electron chi connectivity index (χ1n) is 10.4. The SMILES string of the molecule is COc1cc(C)c(/C=C2/SC(=O)N(CC(=O)Nc3ccc(C)c(C)c3)C2=O)cc1C(C)C. The highest BCUT2D eigenvalue weighted by Gasteiger charge is 2.36. The molecule has 0 atom stereocenters. The van der Waals surface area contributed by atoms with E-state index < -0.39 is 17.1 Å². The first-order chi connectivity index (χ1) is 15.1. The highest BCUT2D eigenvalue weighted by Crippen LogP contribution is 2.35. The molecule has 1 aliphatic rings. The third kappa shape index (κ3) is 5.05. The Labute approximate surface area is 193 Å². The minimum absolute atomic E-state index is 0.238. The molecular weight excluding hydrogens is 424 g/mol. The molecule has 1 fully saturated rings. The van der Waals surface area contributed by atoms with Crippen LogP contribution in [-0.4, -0.2) is 35.6 Å². The van der Waals surface area contributed by atoms with E-state index in [0.29, 0.717) is 10.6 Å². The third-order valence-corrected chi connectivity index (χ3v) is 6.40. The van der Waals surface area contributed by atoms with Gasteiger partial charge in [0.2, 0.25) is 5.91 Å².